The van der Waals surface area contributed by atoms with Crippen LogP contribution in [0.2, 0.25) is 0 Å². The van der Waals surface area contributed by atoms with Gasteiger partial charge < -0.3 is 24.8 Å². The zero-order chi connectivity index (χ0) is 15.9. The van der Waals surface area contributed by atoms with Crippen LogP contribution in [0, 0.1) is 0 Å². The number of aromatic hydroxyl groups is 1. The number of nitrogens with one attached hydrogen (secondary N) is 1. The smallest absolute Gasteiger partial charge is 0.257 e. The number of rotatable bonds is 6. The third-order valence-corrected chi connectivity index (χ3v) is 3.47. The summed E-state index contributed by atoms with van der Waals surface area (Å²) in [5.41, 5.74) is 0. The Hall–Kier alpha value is -2.54. The Labute approximate surface area is 134 Å². The lowest BCUT2D eigenvalue weighted by molar-refractivity contribution is 0.211. The van der Waals surface area contributed by atoms with Crippen LogP contribution in [0.15, 0.2) is 36.7 Å². The summed E-state index contributed by atoms with van der Waals surface area (Å²) < 4.78 is 11.3. The molecule has 0 aliphatic carbocycles. The maximum absolute atomic E-state index is 9.39. The Kier molecular flexibility index (Phi) is 5.10. The first-order chi connectivity index (χ1) is 11.3. The third-order valence-electron chi connectivity index (χ3n) is 3.47. The van der Waals surface area contributed by atoms with Gasteiger partial charge in [0.1, 0.15) is 24.7 Å². The molecule has 0 bridgehead atoms. The lowest BCUT2D eigenvalue weighted by Gasteiger charge is -2.28. The average Bonchev–Trinajstić information content (AvgIpc) is 2.60. The summed E-state index contributed by atoms with van der Waals surface area (Å²) in [6, 6.07) is 6.68. The van der Waals surface area contributed by atoms with E-state index >= 15 is 0 Å². The van der Waals surface area contributed by atoms with E-state index in [1.165, 1.54) is 0 Å². The lowest BCUT2D eigenvalue weighted by atomic mass is 10.3. The molecule has 3 rings (SSSR count). The quantitative estimate of drug-likeness (QED) is 0.771. The summed E-state index contributed by atoms with van der Waals surface area (Å²) >= 11 is 0. The van der Waals surface area contributed by atoms with E-state index in [1.807, 2.05) is 0 Å². The standard InChI is InChI=1S/C16H20N4O3/c21-13-2-1-3-14(12-13)22-10-11-23-16-15(18-4-5-19-16)20-8-6-17-7-9-20/h1-5,12,17,21H,6-11H2. The van der Waals surface area contributed by atoms with Crippen LogP contribution in [-0.2, 0) is 0 Å². The molecule has 2 aromatic rings. The van der Waals surface area contributed by atoms with Gasteiger partial charge in [-0.05, 0) is 12.1 Å². The Morgan fingerprint density at radius 2 is 1.87 bits per heavy atom. The van der Waals surface area contributed by atoms with Crippen molar-refractivity contribution in [2.45, 2.75) is 0 Å². The Morgan fingerprint density at radius 3 is 2.70 bits per heavy atom. The van der Waals surface area contributed by atoms with Crippen molar-refractivity contribution in [1.29, 1.82) is 0 Å². The minimum atomic E-state index is 0.179. The first kappa shape index (κ1) is 15.4. The van der Waals surface area contributed by atoms with Gasteiger partial charge >= 0.3 is 0 Å². The van der Waals surface area contributed by atoms with E-state index in [2.05, 4.69) is 20.2 Å². The van der Waals surface area contributed by atoms with Crippen LogP contribution in [-0.4, -0.2) is 54.5 Å². The van der Waals surface area contributed by atoms with Crippen LogP contribution in [0.4, 0.5) is 5.82 Å². The van der Waals surface area contributed by atoms with Crippen LogP contribution in [0.1, 0.15) is 0 Å². The van der Waals surface area contributed by atoms with Gasteiger partial charge in [-0.3, -0.25) is 0 Å². The molecule has 2 heterocycles. The molecular weight excluding hydrogens is 296 g/mol. The molecule has 0 spiro atoms. The van der Waals surface area contributed by atoms with Crippen LogP contribution in [0.3, 0.4) is 0 Å². The molecule has 1 aromatic heterocycles. The van der Waals surface area contributed by atoms with Crippen molar-refractivity contribution in [1.82, 2.24) is 15.3 Å². The van der Waals surface area contributed by atoms with Crippen LogP contribution in [0.25, 0.3) is 0 Å². The van der Waals surface area contributed by atoms with Gasteiger partial charge in [-0.25, -0.2) is 9.97 Å². The summed E-state index contributed by atoms with van der Waals surface area (Å²) in [6.07, 6.45) is 3.30. The summed E-state index contributed by atoms with van der Waals surface area (Å²) in [7, 11) is 0. The number of aromatic nitrogens is 2. The molecule has 2 N–H and O–H groups in total. The highest BCUT2D eigenvalue weighted by Gasteiger charge is 2.17. The number of hydrogen-bond donors (Lipinski definition) is 2. The second kappa shape index (κ2) is 7.64. The van der Waals surface area contributed by atoms with Gasteiger partial charge in [0.2, 0.25) is 0 Å². The summed E-state index contributed by atoms with van der Waals surface area (Å²) in [5, 5.41) is 12.7. The van der Waals surface area contributed by atoms with Crippen LogP contribution < -0.4 is 19.7 Å². The second-order valence-corrected chi connectivity index (χ2v) is 5.12. The first-order valence-corrected chi connectivity index (χ1v) is 7.64. The fraction of sp³-hybridized carbons (Fsp3) is 0.375. The van der Waals surface area contributed by atoms with Crippen molar-refractivity contribution >= 4 is 5.82 Å². The van der Waals surface area contributed by atoms with E-state index in [9.17, 15) is 5.11 Å². The molecule has 1 aliphatic rings. The maximum Gasteiger partial charge on any atom is 0.257 e. The summed E-state index contributed by atoms with van der Waals surface area (Å²) in [4.78, 5) is 10.8. The number of phenols is 1. The zero-order valence-corrected chi connectivity index (χ0v) is 12.8. The number of hydrogen-bond acceptors (Lipinski definition) is 7. The van der Waals surface area contributed by atoms with E-state index in [0.29, 0.717) is 24.8 Å². The molecule has 1 fully saturated rings. The predicted octanol–water partition coefficient (Wildman–Crippen LogP) is 1.05. The molecule has 1 aliphatic heterocycles. The van der Waals surface area contributed by atoms with E-state index in [-0.39, 0.29) is 5.75 Å². The number of piperazine rings is 1. The minimum absolute atomic E-state index is 0.179. The maximum atomic E-state index is 9.39. The average molecular weight is 316 g/mol. The van der Waals surface area contributed by atoms with Crippen molar-refractivity contribution in [3.8, 4) is 17.4 Å². The van der Waals surface area contributed by atoms with Crippen molar-refractivity contribution in [3.05, 3.63) is 36.7 Å². The second-order valence-electron chi connectivity index (χ2n) is 5.12. The van der Waals surface area contributed by atoms with Crippen molar-refractivity contribution in [3.63, 3.8) is 0 Å². The minimum Gasteiger partial charge on any atom is -0.508 e. The molecule has 0 radical (unpaired) electrons. The molecule has 7 nitrogen and oxygen atoms in total. The number of nitrogens with zero attached hydrogens (tertiary/aromatic N) is 3. The van der Waals surface area contributed by atoms with Crippen LogP contribution in [0.5, 0.6) is 17.4 Å². The number of anilines is 1. The van der Waals surface area contributed by atoms with Crippen molar-refractivity contribution in [2.75, 3.05) is 44.3 Å². The van der Waals surface area contributed by atoms with Crippen molar-refractivity contribution < 1.29 is 14.6 Å². The predicted molar refractivity (Wildman–Crippen MR) is 86.2 cm³/mol. The molecular formula is C16H20N4O3. The Morgan fingerprint density at radius 1 is 1.09 bits per heavy atom. The fourth-order valence-electron chi connectivity index (χ4n) is 2.38. The van der Waals surface area contributed by atoms with Crippen LogP contribution >= 0.6 is 0 Å². The molecule has 7 heteroatoms. The van der Waals surface area contributed by atoms with Gasteiger partial charge in [0.15, 0.2) is 5.82 Å². The third kappa shape index (κ3) is 4.23. The SMILES string of the molecule is Oc1cccc(OCCOc2nccnc2N2CCNCC2)c1. The highest BCUT2D eigenvalue weighted by Crippen LogP contribution is 2.23. The van der Waals surface area contributed by atoms with Gasteiger partial charge in [-0.15, -0.1) is 0 Å². The zero-order valence-electron chi connectivity index (χ0n) is 12.8. The summed E-state index contributed by atoms with van der Waals surface area (Å²) in [5.74, 6) is 2.08. The number of ether oxygens (including phenoxy) is 2. The van der Waals surface area contributed by atoms with Gasteiger partial charge in [0, 0.05) is 44.6 Å². The molecule has 1 saturated heterocycles. The molecule has 0 saturated carbocycles. The largest absolute Gasteiger partial charge is 0.508 e. The highest BCUT2D eigenvalue weighted by atomic mass is 16.5. The molecule has 122 valence electrons. The Bertz CT molecular complexity index is 632. The van der Waals surface area contributed by atoms with E-state index in [0.717, 1.165) is 32.0 Å². The number of benzene rings is 1. The summed E-state index contributed by atoms with van der Waals surface area (Å²) in [6.45, 7) is 4.34. The van der Waals surface area contributed by atoms with Gasteiger partial charge in [0.25, 0.3) is 5.88 Å². The lowest BCUT2D eigenvalue weighted by Crippen LogP contribution is -2.44. The van der Waals surface area contributed by atoms with Gasteiger partial charge in [0.05, 0.1) is 0 Å². The molecule has 1 aromatic carbocycles. The molecule has 0 amide bonds. The van der Waals surface area contributed by atoms with E-state index in [4.69, 9.17) is 9.47 Å². The number of phenolic OH excluding ortho intramolecular Hbond substituents is 1. The van der Waals surface area contributed by atoms with Crippen molar-refractivity contribution in [2.24, 2.45) is 0 Å². The van der Waals surface area contributed by atoms with Gasteiger partial charge in [-0.1, -0.05) is 6.07 Å². The topological polar surface area (TPSA) is 79.7 Å². The monoisotopic (exact) mass is 316 g/mol. The molecule has 0 unspecified atom stereocenters. The normalized spacial score (nSPS) is 14.5. The fourth-order valence-corrected chi connectivity index (χ4v) is 2.38. The molecule has 23 heavy (non-hydrogen) atoms. The first-order valence-electron chi connectivity index (χ1n) is 7.64. The highest BCUT2D eigenvalue weighted by molar-refractivity contribution is 5.48. The van der Waals surface area contributed by atoms with Gasteiger partial charge in [-0.2, -0.15) is 0 Å². The Balaban J connectivity index is 1.54. The molecule has 0 atom stereocenters. The van der Waals surface area contributed by atoms with E-state index < -0.39 is 0 Å². The van der Waals surface area contributed by atoms with E-state index in [1.54, 1.807) is 36.7 Å².